The molecule has 0 radical (unpaired) electrons. The largest absolute Gasteiger partial charge is 0.347 e. The number of carbonyl (C=O) groups excluding carboxylic acids is 2. The predicted molar refractivity (Wildman–Crippen MR) is 87.1 cm³/mol. The van der Waals surface area contributed by atoms with Crippen molar-refractivity contribution in [1.82, 2.24) is 10.2 Å². The second-order valence-corrected chi connectivity index (χ2v) is 6.48. The van der Waals surface area contributed by atoms with Gasteiger partial charge in [0.15, 0.2) is 0 Å². The molecule has 0 bridgehead atoms. The molecular weight excluding hydrogens is 296 g/mol. The Balaban J connectivity index is 1.58. The normalized spacial score (nSPS) is 14.1. The number of hydrogen-bond acceptors (Lipinski definition) is 3. The van der Waals surface area contributed by atoms with Gasteiger partial charge in [0.2, 0.25) is 0 Å². The fourth-order valence-corrected chi connectivity index (χ4v) is 3.44. The number of thiophene rings is 1. The maximum atomic E-state index is 12.3. The average molecular weight is 314 g/mol. The zero-order valence-corrected chi connectivity index (χ0v) is 13.1. The van der Waals surface area contributed by atoms with Crippen LogP contribution < -0.4 is 5.32 Å². The standard InChI is InChI=1S/C17H18N2O2S/c20-16(13-6-2-1-3-7-13)18-12-14-8-9-15(22-14)17(21)19-10-4-5-11-19/h1-3,6-9H,4-5,10-12H2,(H,18,20). The van der Waals surface area contributed by atoms with E-state index in [9.17, 15) is 9.59 Å². The number of likely N-dealkylation sites (tertiary alicyclic amines) is 1. The lowest BCUT2D eigenvalue weighted by molar-refractivity contribution is 0.0797. The maximum Gasteiger partial charge on any atom is 0.263 e. The van der Waals surface area contributed by atoms with Crippen LogP contribution in [0.3, 0.4) is 0 Å². The van der Waals surface area contributed by atoms with Gasteiger partial charge in [-0.2, -0.15) is 0 Å². The Morgan fingerprint density at radius 3 is 2.50 bits per heavy atom. The molecule has 1 aliphatic heterocycles. The van der Waals surface area contributed by atoms with Crippen LogP contribution in [0.4, 0.5) is 0 Å². The van der Waals surface area contributed by atoms with E-state index in [1.54, 1.807) is 12.1 Å². The summed E-state index contributed by atoms with van der Waals surface area (Å²) in [6.45, 7) is 2.17. The van der Waals surface area contributed by atoms with E-state index in [4.69, 9.17) is 0 Å². The summed E-state index contributed by atoms with van der Waals surface area (Å²) in [5, 5.41) is 2.88. The van der Waals surface area contributed by atoms with E-state index in [-0.39, 0.29) is 11.8 Å². The van der Waals surface area contributed by atoms with Crippen LogP contribution in [0.1, 0.15) is 37.7 Å². The highest BCUT2D eigenvalue weighted by Crippen LogP contribution is 2.20. The van der Waals surface area contributed by atoms with E-state index in [1.165, 1.54) is 11.3 Å². The van der Waals surface area contributed by atoms with Crippen LogP contribution in [0.5, 0.6) is 0 Å². The van der Waals surface area contributed by atoms with Gasteiger partial charge < -0.3 is 10.2 Å². The van der Waals surface area contributed by atoms with Gasteiger partial charge in [0.25, 0.3) is 11.8 Å². The third-order valence-corrected chi connectivity index (χ3v) is 4.80. The number of nitrogens with zero attached hydrogens (tertiary/aromatic N) is 1. The molecule has 0 spiro atoms. The average Bonchev–Trinajstić information content (AvgIpc) is 3.24. The quantitative estimate of drug-likeness (QED) is 0.943. The van der Waals surface area contributed by atoms with Crippen molar-refractivity contribution in [1.29, 1.82) is 0 Å². The Hall–Kier alpha value is -2.14. The van der Waals surface area contributed by atoms with Gasteiger partial charge in [-0.1, -0.05) is 18.2 Å². The van der Waals surface area contributed by atoms with E-state index in [1.807, 2.05) is 35.2 Å². The monoisotopic (exact) mass is 314 g/mol. The fourth-order valence-electron chi connectivity index (χ4n) is 2.52. The highest BCUT2D eigenvalue weighted by atomic mass is 32.1. The van der Waals surface area contributed by atoms with Crippen LogP contribution in [-0.2, 0) is 6.54 Å². The zero-order chi connectivity index (χ0) is 15.4. The number of benzene rings is 1. The topological polar surface area (TPSA) is 49.4 Å². The SMILES string of the molecule is O=C(NCc1ccc(C(=O)N2CCCC2)s1)c1ccccc1. The first kappa shape index (κ1) is 14.8. The summed E-state index contributed by atoms with van der Waals surface area (Å²) in [4.78, 5) is 27.9. The van der Waals surface area contributed by atoms with Crippen molar-refractivity contribution in [3.63, 3.8) is 0 Å². The first-order valence-electron chi connectivity index (χ1n) is 7.45. The first-order chi connectivity index (χ1) is 10.7. The Labute approximate surface area is 133 Å². The second kappa shape index (κ2) is 6.75. The maximum absolute atomic E-state index is 12.3. The van der Waals surface area contributed by atoms with Crippen LogP contribution in [0.2, 0.25) is 0 Å². The van der Waals surface area contributed by atoms with Gasteiger partial charge in [-0.15, -0.1) is 11.3 Å². The van der Waals surface area contributed by atoms with Gasteiger partial charge in [-0.05, 0) is 37.1 Å². The zero-order valence-electron chi connectivity index (χ0n) is 12.2. The van der Waals surface area contributed by atoms with Crippen LogP contribution in [0.25, 0.3) is 0 Å². The summed E-state index contributed by atoms with van der Waals surface area (Å²) in [7, 11) is 0. The number of carbonyl (C=O) groups is 2. The fraction of sp³-hybridized carbons (Fsp3) is 0.294. The molecule has 1 saturated heterocycles. The van der Waals surface area contributed by atoms with Gasteiger partial charge in [0.1, 0.15) is 0 Å². The Morgan fingerprint density at radius 1 is 1.05 bits per heavy atom. The molecule has 1 N–H and O–H groups in total. The van der Waals surface area contributed by atoms with Crippen molar-refractivity contribution in [3.05, 3.63) is 57.8 Å². The van der Waals surface area contributed by atoms with Crippen molar-refractivity contribution < 1.29 is 9.59 Å². The van der Waals surface area contributed by atoms with E-state index in [2.05, 4.69) is 5.32 Å². The summed E-state index contributed by atoms with van der Waals surface area (Å²) in [6.07, 6.45) is 2.19. The number of amides is 2. The highest BCUT2D eigenvalue weighted by molar-refractivity contribution is 7.14. The third kappa shape index (κ3) is 3.36. The molecule has 0 unspecified atom stereocenters. The van der Waals surface area contributed by atoms with Crippen molar-refractivity contribution in [2.24, 2.45) is 0 Å². The predicted octanol–water partition coefficient (Wildman–Crippen LogP) is 2.91. The Kier molecular flexibility index (Phi) is 4.53. The molecule has 0 saturated carbocycles. The van der Waals surface area contributed by atoms with Crippen molar-refractivity contribution in [2.75, 3.05) is 13.1 Å². The second-order valence-electron chi connectivity index (χ2n) is 5.31. The van der Waals surface area contributed by atoms with Gasteiger partial charge >= 0.3 is 0 Å². The summed E-state index contributed by atoms with van der Waals surface area (Å²) in [5.74, 6) is 0.0181. The van der Waals surface area contributed by atoms with Crippen molar-refractivity contribution in [3.8, 4) is 0 Å². The summed E-state index contributed by atoms with van der Waals surface area (Å²) in [5.41, 5.74) is 0.646. The highest BCUT2D eigenvalue weighted by Gasteiger charge is 2.20. The molecule has 2 amide bonds. The smallest absolute Gasteiger partial charge is 0.263 e. The van der Waals surface area contributed by atoms with Gasteiger partial charge in [0, 0.05) is 23.5 Å². The molecule has 114 valence electrons. The van der Waals surface area contributed by atoms with Gasteiger partial charge in [-0.3, -0.25) is 9.59 Å². The van der Waals surface area contributed by atoms with Crippen LogP contribution in [-0.4, -0.2) is 29.8 Å². The number of rotatable bonds is 4. The minimum Gasteiger partial charge on any atom is -0.347 e. The van der Waals surface area contributed by atoms with Crippen molar-refractivity contribution >= 4 is 23.2 Å². The Morgan fingerprint density at radius 2 is 1.77 bits per heavy atom. The van der Waals surface area contributed by atoms with Gasteiger partial charge in [0.05, 0.1) is 11.4 Å². The lowest BCUT2D eigenvalue weighted by atomic mass is 10.2. The molecule has 1 aromatic heterocycles. The van der Waals surface area contributed by atoms with Crippen LogP contribution in [0, 0.1) is 0 Å². The molecule has 2 aromatic rings. The summed E-state index contributed by atoms with van der Waals surface area (Å²) in [6, 6.07) is 12.9. The summed E-state index contributed by atoms with van der Waals surface area (Å²) >= 11 is 1.46. The van der Waals surface area contributed by atoms with Crippen LogP contribution >= 0.6 is 11.3 Å². The number of hydrogen-bond donors (Lipinski definition) is 1. The summed E-state index contributed by atoms with van der Waals surface area (Å²) < 4.78 is 0. The molecule has 1 aromatic carbocycles. The Bertz CT molecular complexity index is 660. The molecule has 4 nitrogen and oxygen atoms in total. The van der Waals surface area contributed by atoms with E-state index in [0.717, 1.165) is 35.7 Å². The molecule has 22 heavy (non-hydrogen) atoms. The first-order valence-corrected chi connectivity index (χ1v) is 8.27. The molecule has 3 rings (SSSR count). The lowest BCUT2D eigenvalue weighted by Gasteiger charge is -2.13. The molecule has 1 aliphatic rings. The third-order valence-electron chi connectivity index (χ3n) is 3.72. The molecular formula is C17H18N2O2S. The molecule has 2 heterocycles. The van der Waals surface area contributed by atoms with E-state index >= 15 is 0 Å². The molecule has 0 atom stereocenters. The number of nitrogens with one attached hydrogen (secondary N) is 1. The van der Waals surface area contributed by atoms with Gasteiger partial charge in [-0.25, -0.2) is 0 Å². The van der Waals surface area contributed by atoms with E-state index in [0.29, 0.717) is 12.1 Å². The van der Waals surface area contributed by atoms with Crippen molar-refractivity contribution in [2.45, 2.75) is 19.4 Å². The van der Waals surface area contributed by atoms with E-state index < -0.39 is 0 Å². The molecule has 5 heteroatoms. The lowest BCUT2D eigenvalue weighted by Crippen LogP contribution is -2.26. The molecule has 0 aliphatic carbocycles. The van der Waals surface area contributed by atoms with Crippen LogP contribution in [0.15, 0.2) is 42.5 Å². The molecule has 1 fully saturated rings. The minimum atomic E-state index is -0.0959. The minimum absolute atomic E-state index is 0.0959.